The van der Waals surface area contributed by atoms with E-state index in [0.717, 1.165) is 31.5 Å². The van der Waals surface area contributed by atoms with Crippen LogP contribution in [0.4, 0.5) is 0 Å². The molecule has 1 atom stereocenters. The lowest BCUT2D eigenvalue weighted by atomic mass is 9.97. The molecule has 27 heavy (non-hydrogen) atoms. The molecule has 1 aliphatic carbocycles. The lowest BCUT2D eigenvalue weighted by Gasteiger charge is -2.43. The van der Waals surface area contributed by atoms with E-state index in [1.807, 2.05) is 12.1 Å². The Bertz CT molecular complexity index is 852. The summed E-state index contributed by atoms with van der Waals surface area (Å²) in [5.74, 6) is 0.0211. The van der Waals surface area contributed by atoms with Crippen molar-refractivity contribution in [3.05, 3.63) is 47.3 Å². The molecule has 7 nitrogen and oxygen atoms in total. The largest absolute Gasteiger partial charge is 0.345 e. The van der Waals surface area contributed by atoms with Gasteiger partial charge in [-0.2, -0.15) is 0 Å². The minimum absolute atomic E-state index is 0.131. The van der Waals surface area contributed by atoms with Crippen LogP contribution in [0.25, 0.3) is 0 Å². The Morgan fingerprint density at radius 1 is 1.30 bits per heavy atom. The van der Waals surface area contributed by atoms with Gasteiger partial charge in [-0.3, -0.25) is 14.5 Å². The van der Waals surface area contributed by atoms with E-state index in [1.54, 1.807) is 17.8 Å². The fourth-order valence-corrected chi connectivity index (χ4v) is 3.54. The van der Waals surface area contributed by atoms with Gasteiger partial charge in [0.05, 0.1) is 18.3 Å². The third-order valence-corrected chi connectivity index (χ3v) is 5.34. The van der Waals surface area contributed by atoms with Crippen molar-refractivity contribution in [1.29, 1.82) is 0 Å². The summed E-state index contributed by atoms with van der Waals surface area (Å²) < 4.78 is 1.79. The Morgan fingerprint density at radius 2 is 2.07 bits per heavy atom. The van der Waals surface area contributed by atoms with Crippen molar-refractivity contribution in [2.24, 2.45) is 0 Å². The quantitative estimate of drug-likeness (QED) is 0.809. The molecule has 0 spiro atoms. The molecule has 7 heteroatoms. The molecule has 1 aromatic carbocycles. The third-order valence-electron chi connectivity index (χ3n) is 5.34. The van der Waals surface area contributed by atoms with Crippen molar-refractivity contribution >= 4 is 11.7 Å². The van der Waals surface area contributed by atoms with Crippen LogP contribution in [-0.2, 0) is 11.2 Å². The van der Waals surface area contributed by atoms with Crippen LogP contribution in [0.15, 0.2) is 30.5 Å². The highest BCUT2D eigenvalue weighted by Gasteiger charge is 2.33. The van der Waals surface area contributed by atoms with Gasteiger partial charge in [0.25, 0.3) is 5.91 Å². The van der Waals surface area contributed by atoms with Crippen LogP contribution in [0.5, 0.6) is 0 Å². The van der Waals surface area contributed by atoms with Gasteiger partial charge in [-0.25, -0.2) is 4.68 Å². The minimum atomic E-state index is -0.150. The molecular formula is C20H25N5O2. The van der Waals surface area contributed by atoms with E-state index >= 15 is 0 Å². The monoisotopic (exact) mass is 367 g/mol. The molecule has 2 heterocycles. The Morgan fingerprint density at radius 3 is 2.78 bits per heavy atom. The van der Waals surface area contributed by atoms with Gasteiger partial charge in [0.1, 0.15) is 5.78 Å². The highest BCUT2D eigenvalue weighted by molar-refractivity contribution is 5.92. The SMILES string of the molecule is CC(=O)Cc1cccc(C(C)N2CC(NC(=O)c3cn(C4CC4)nn3)C2)c1. The van der Waals surface area contributed by atoms with Crippen LogP contribution in [0.3, 0.4) is 0 Å². The molecule has 0 bridgehead atoms. The van der Waals surface area contributed by atoms with Crippen LogP contribution in [0, 0.1) is 0 Å². The van der Waals surface area contributed by atoms with E-state index in [1.165, 1.54) is 5.56 Å². The molecule has 1 unspecified atom stereocenters. The number of hydrogen-bond acceptors (Lipinski definition) is 5. The van der Waals surface area contributed by atoms with Gasteiger partial charge in [0, 0.05) is 25.6 Å². The van der Waals surface area contributed by atoms with E-state index in [-0.39, 0.29) is 23.8 Å². The second-order valence-electron chi connectivity index (χ2n) is 7.74. The van der Waals surface area contributed by atoms with Crippen LogP contribution in [-0.4, -0.2) is 50.7 Å². The van der Waals surface area contributed by atoms with Crippen LogP contribution >= 0.6 is 0 Å². The number of nitrogens with one attached hydrogen (secondary N) is 1. The van der Waals surface area contributed by atoms with Crippen molar-refractivity contribution in [2.75, 3.05) is 13.1 Å². The van der Waals surface area contributed by atoms with Crippen molar-refractivity contribution in [1.82, 2.24) is 25.2 Å². The Kier molecular flexibility index (Phi) is 4.78. The zero-order valence-electron chi connectivity index (χ0n) is 15.8. The maximum atomic E-state index is 12.3. The molecular weight excluding hydrogens is 342 g/mol. The first-order valence-corrected chi connectivity index (χ1v) is 9.54. The number of Topliss-reactive ketones (excluding diaryl/α,β-unsaturated/α-hetero) is 1. The van der Waals surface area contributed by atoms with E-state index in [4.69, 9.17) is 0 Å². The molecule has 1 aliphatic heterocycles. The highest BCUT2D eigenvalue weighted by atomic mass is 16.2. The van der Waals surface area contributed by atoms with Gasteiger partial charge in [-0.05, 0) is 37.8 Å². The second kappa shape index (κ2) is 7.23. The van der Waals surface area contributed by atoms with Crippen LogP contribution in [0.1, 0.15) is 60.4 Å². The lowest BCUT2D eigenvalue weighted by molar-refractivity contribution is -0.116. The maximum absolute atomic E-state index is 12.3. The summed E-state index contributed by atoms with van der Waals surface area (Å²) >= 11 is 0. The highest BCUT2D eigenvalue weighted by Crippen LogP contribution is 2.33. The zero-order valence-corrected chi connectivity index (χ0v) is 15.8. The summed E-state index contributed by atoms with van der Waals surface area (Å²) in [5, 5.41) is 11.1. The number of aromatic nitrogens is 3. The number of benzene rings is 1. The van der Waals surface area contributed by atoms with Crippen molar-refractivity contribution < 1.29 is 9.59 Å². The summed E-state index contributed by atoms with van der Waals surface area (Å²) in [4.78, 5) is 26.0. The number of ketones is 1. The van der Waals surface area contributed by atoms with Crippen molar-refractivity contribution in [3.63, 3.8) is 0 Å². The predicted octanol–water partition coefficient (Wildman–Crippen LogP) is 1.92. The smallest absolute Gasteiger partial charge is 0.273 e. The maximum Gasteiger partial charge on any atom is 0.273 e. The number of amides is 1. The van der Waals surface area contributed by atoms with Crippen molar-refractivity contribution in [2.45, 2.75) is 51.2 Å². The van der Waals surface area contributed by atoms with Crippen LogP contribution < -0.4 is 5.32 Å². The predicted molar refractivity (Wildman–Crippen MR) is 100 cm³/mol. The standard InChI is InChI=1S/C20H25N5O2/c1-13(26)8-15-4-3-5-16(9-15)14(2)24-10-17(11-24)21-20(27)19-12-25(23-22-19)18-6-7-18/h3-5,9,12,14,17-18H,6-8,10-11H2,1-2H3,(H,21,27). The fourth-order valence-electron chi connectivity index (χ4n) is 3.54. The van der Waals surface area contributed by atoms with Crippen molar-refractivity contribution in [3.8, 4) is 0 Å². The molecule has 0 radical (unpaired) electrons. The number of carbonyl (C=O) groups excluding carboxylic acids is 2. The molecule has 2 fully saturated rings. The van der Waals surface area contributed by atoms with E-state index in [0.29, 0.717) is 18.2 Å². The summed E-state index contributed by atoms with van der Waals surface area (Å²) in [6, 6.07) is 9.01. The van der Waals surface area contributed by atoms with E-state index in [9.17, 15) is 9.59 Å². The second-order valence-corrected chi connectivity index (χ2v) is 7.74. The molecule has 1 aromatic heterocycles. The number of rotatable bonds is 7. The lowest BCUT2D eigenvalue weighted by Crippen LogP contribution is -2.59. The first kappa shape index (κ1) is 17.9. The van der Waals surface area contributed by atoms with E-state index in [2.05, 4.69) is 39.6 Å². The topological polar surface area (TPSA) is 80.1 Å². The molecule has 2 aromatic rings. The molecule has 4 rings (SSSR count). The fraction of sp³-hybridized carbons (Fsp3) is 0.500. The van der Waals surface area contributed by atoms with E-state index < -0.39 is 0 Å². The molecule has 1 amide bonds. The zero-order chi connectivity index (χ0) is 19.0. The summed E-state index contributed by atoms with van der Waals surface area (Å²) in [5.41, 5.74) is 2.65. The summed E-state index contributed by atoms with van der Waals surface area (Å²) in [7, 11) is 0. The average Bonchev–Trinajstić information content (AvgIpc) is 3.33. The number of likely N-dealkylation sites (tertiary alicyclic amines) is 1. The van der Waals surface area contributed by atoms with Gasteiger partial charge >= 0.3 is 0 Å². The van der Waals surface area contributed by atoms with Gasteiger partial charge in [0.15, 0.2) is 5.69 Å². The Balaban J connectivity index is 1.29. The van der Waals surface area contributed by atoms with Gasteiger partial charge in [-0.1, -0.05) is 29.5 Å². The Labute approximate surface area is 158 Å². The number of hydrogen-bond donors (Lipinski definition) is 1. The molecule has 1 saturated carbocycles. The van der Waals surface area contributed by atoms with Gasteiger partial charge in [-0.15, -0.1) is 5.10 Å². The molecule has 2 aliphatic rings. The minimum Gasteiger partial charge on any atom is -0.345 e. The van der Waals surface area contributed by atoms with Crippen LogP contribution in [0.2, 0.25) is 0 Å². The summed E-state index contributed by atoms with van der Waals surface area (Å²) in [6.07, 6.45) is 4.45. The van der Waals surface area contributed by atoms with Gasteiger partial charge < -0.3 is 5.32 Å². The molecule has 142 valence electrons. The van der Waals surface area contributed by atoms with Gasteiger partial charge in [0.2, 0.25) is 0 Å². The first-order valence-electron chi connectivity index (χ1n) is 9.54. The third kappa shape index (κ3) is 4.08. The number of nitrogens with zero attached hydrogens (tertiary/aromatic N) is 4. The Hall–Kier alpha value is -2.54. The number of carbonyl (C=O) groups is 2. The molecule has 1 saturated heterocycles. The summed E-state index contributed by atoms with van der Waals surface area (Å²) in [6.45, 7) is 5.38. The first-order chi connectivity index (χ1) is 13.0. The average molecular weight is 367 g/mol. The normalized spacial score (nSPS) is 18.7. The molecule has 1 N–H and O–H groups in total.